The second kappa shape index (κ2) is 11.0. The number of aromatic nitrogens is 3. The Labute approximate surface area is 270 Å². The Bertz CT molecular complexity index is 2450. The van der Waals surface area contributed by atoms with Crippen molar-refractivity contribution in [1.29, 1.82) is 0 Å². The minimum absolute atomic E-state index is 0.723. The number of hydrogen-bond acceptors (Lipinski definition) is 3. The molecule has 0 bridgehead atoms. The maximum atomic E-state index is 5.01. The van der Waals surface area contributed by atoms with Crippen LogP contribution < -0.4 is 0 Å². The smallest absolute Gasteiger partial charge is 0.160 e. The molecular formula is C42H27N3S. The fourth-order valence-electron chi connectivity index (χ4n) is 6.42. The highest BCUT2D eigenvalue weighted by molar-refractivity contribution is 7.24. The Morgan fingerprint density at radius 3 is 1.74 bits per heavy atom. The van der Waals surface area contributed by atoms with Crippen molar-refractivity contribution < 1.29 is 0 Å². The molecule has 0 fully saturated rings. The van der Waals surface area contributed by atoms with Gasteiger partial charge in [0.25, 0.3) is 0 Å². The van der Waals surface area contributed by atoms with E-state index in [0.29, 0.717) is 0 Å². The van der Waals surface area contributed by atoms with Crippen LogP contribution in [-0.4, -0.2) is 14.4 Å². The van der Waals surface area contributed by atoms with Crippen molar-refractivity contribution in [1.82, 2.24) is 14.4 Å². The summed E-state index contributed by atoms with van der Waals surface area (Å²) in [5.41, 5.74) is 12.3. The molecule has 0 aliphatic rings. The van der Waals surface area contributed by atoms with Gasteiger partial charge in [-0.05, 0) is 47.0 Å². The zero-order chi connectivity index (χ0) is 30.5. The van der Waals surface area contributed by atoms with Gasteiger partial charge >= 0.3 is 0 Å². The fourth-order valence-corrected chi connectivity index (χ4v) is 7.66. The zero-order valence-electron chi connectivity index (χ0n) is 24.8. The molecule has 3 nitrogen and oxygen atoms in total. The molecule has 0 amide bonds. The molecule has 0 N–H and O–H groups in total. The van der Waals surface area contributed by atoms with Gasteiger partial charge in [-0.15, -0.1) is 11.3 Å². The van der Waals surface area contributed by atoms with Gasteiger partial charge in [0.05, 0.1) is 27.1 Å². The minimum Gasteiger partial charge on any atom is -0.299 e. The van der Waals surface area contributed by atoms with E-state index in [4.69, 9.17) is 9.97 Å². The first-order valence-corrected chi connectivity index (χ1v) is 16.2. The first-order valence-electron chi connectivity index (χ1n) is 15.4. The minimum atomic E-state index is 0.723. The molecule has 4 heteroatoms. The first kappa shape index (κ1) is 26.6. The summed E-state index contributed by atoms with van der Waals surface area (Å²) in [7, 11) is 0. The summed E-state index contributed by atoms with van der Waals surface area (Å²) in [5, 5.41) is 1.28. The average Bonchev–Trinajstić information content (AvgIpc) is 3.67. The lowest BCUT2D eigenvalue weighted by Gasteiger charge is -2.10. The Kier molecular flexibility index (Phi) is 6.32. The molecular weight excluding hydrogens is 579 g/mol. The first-order chi connectivity index (χ1) is 22.8. The van der Waals surface area contributed by atoms with Crippen LogP contribution in [0.15, 0.2) is 164 Å². The van der Waals surface area contributed by atoms with Crippen molar-refractivity contribution in [2.24, 2.45) is 0 Å². The van der Waals surface area contributed by atoms with Gasteiger partial charge in [-0.2, -0.15) is 0 Å². The highest BCUT2D eigenvalue weighted by atomic mass is 32.1. The molecule has 0 saturated heterocycles. The molecule has 6 aromatic carbocycles. The van der Waals surface area contributed by atoms with Gasteiger partial charge in [-0.3, -0.25) is 4.40 Å². The van der Waals surface area contributed by atoms with Crippen LogP contribution in [0.5, 0.6) is 0 Å². The van der Waals surface area contributed by atoms with Crippen LogP contribution >= 0.6 is 11.3 Å². The normalized spacial score (nSPS) is 11.5. The van der Waals surface area contributed by atoms with Crippen molar-refractivity contribution >= 4 is 37.3 Å². The van der Waals surface area contributed by atoms with Crippen molar-refractivity contribution in [3.8, 4) is 56.2 Å². The highest BCUT2D eigenvalue weighted by Crippen LogP contribution is 2.42. The van der Waals surface area contributed by atoms with Crippen LogP contribution in [0.4, 0.5) is 0 Å². The molecule has 0 radical (unpaired) electrons. The summed E-state index contributed by atoms with van der Waals surface area (Å²) < 4.78 is 3.72. The Morgan fingerprint density at radius 2 is 0.978 bits per heavy atom. The molecule has 3 aromatic heterocycles. The van der Waals surface area contributed by atoms with E-state index in [1.807, 2.05) is 47.7 Å². The number of para-hydroxylation sites is 2. The largest absolute Gasteiger partial charge is 0.299 e. The molecule has 3 heterocycles. The quantitative estimate of drug-likeness (QED) is 0.195. The third kappa shape index (κ3) is 4.50. The summed E-state index contributed by atoms with van der Waals surface area (Å²) >= 11 is 1.86. The Balaban J connectivity index is 1.13. The van der Waals surface area contributed by atoms with E-state index < -0.39 is 0 Å². The second-order valence-corrected chi connectivity index (χ2v) is 12.5. The maximum absolute atomic E-state index is 5.01. The van der Waals surface area contributed by atoms with E-state index in [0.717, 1.165) is 33.9 Å². The molecule has 0 aliphatic carbocycles. The van der Waals surface area contributed by atoms with E-state index in [2.05, 4.69) is 132 Å². The molecule has 0 aliphatic heterocycles. The number of rotatable bonds is 5. The van der Waals surface area contributed by atoms with E-state index in [9.17, 15) is 0 Å². The van der Waals surface area contributed by atoms with E-state index >= 15 is 0 Å². The van der Waals surface area contributed by atoms with E-state index in [1.54, 1.807) is 0 Å². The zero-order valence-corrected chi connectivity index (χ0v) is 25.7. The summed E-state index contributed by atoms with van der Waals surface area (Å²) in [5.74, 6) is 0.723. The number of fused-ring (bicyclic) bond motifs is 5. The maximum Gasteiger partial charge on any atom is 0.160 e. The Morgan fingerprint density at radius 1 is 0.413 bits per heavy atom. The lowest BCUT2D eigenvalue weighted by atomic mass is 9.97. The van der Waals surface area contributed by atoms with Gasteiger partial charge in [0.2, 0.25) is 0 Å². The van der Waals surface area contributed by atoms with Crippen molar-refractivity contribution in [2.45, 2.75) is 0 Å². The molecule has 9 rings (SSSR count). The average molecular weight is 606 g/mol. The number of thiazole rings is 1. The third-order valence-electron chi connectivity index (χ3n) is 8.64. The molecule has 216 valence electrons. The fraction of sp³-hybridized carbons (Fsp3) is 0. The van der Waals surface area contributed by atoms with Gasteiger partial charge in [-0.1, -0.05) is 133 Å². The molecule has 9 aromatic rings. The standard InChI is InChI=1S/C42H27N3S/c1-3-12-29(13-4-1)35-27-36(44-41(43-35)31-14-5-2-6-15-31)30-24-22-28(23-25-30)32-16-11-17-33(26-32)40-34-18-7-8-19-37(34)45-38-20-9-10-21-39(38)46-42(40)45/h1-27H. The Hall–Kier alpha value is -5.84. The van der Waals surface area contributed by atoms with Crippen molar-refractivity contribution in [3.63, 3.8) is 0 Å². The number of nitrogens with zero attached hydrogens (tertiary/aromatic N) is 3. The predicted octanol–water partition coefficient (Wildman–Crippen LogP) is 11.4. The summed E-state index contributed by atoms with van der Waals surface area (Å²) in [6.45, 7) is 0. The number of hydrogen-bond donors (Lipinski definition) is 0. The second-order valence-electron chi connectivity index (χ2n) is 11.5. The van der Waals surface area contributed by atoms with Gasteiger partial charge < -0.3 is 0 Å². The van der Waals surface area contributed by atoms with Crippen LogP contribution in [0.2, 0.25) is 0 Å². The number of benzene rings is 6. The lowest BCUT2D eigenvalue weighted by Crippen LogP contribution is -1.95. The van der Waals surface area contributed by atoms with Crippen LogP contribution in [0.25, 0.3) is 82.1 Å². The topological polar surface area (TPSA) is 30.2 Å². The van der Waals surface area contributed by atoms with Gasteiger partial charge in [0.1, 0.15) is 4.83 Å². The molecule has 46 heavy (non-hydrogen) atoms. The van der Waals surface area contributed by atoms with Gasteiger partial charge in [0, 0.05) is 27.6 Å². The molecule has 0 atom stereocenters. The molecule has 0 spiro atoms. The van der Waals surface area contributed by atoms with Crippen LogP contribution in [0, 0.1) is 0 Å². The summed E-state index contributed by atoms with van der Waals surface area (Å²) in [4.78, 5) is 11.2. The third-order valence-corrected chi connectivity index (χ3v) is 9.78. The van der Waals surface area contributed by atoms with Crippen LogP contribution in [0.1, 0.15) is 0 Å². The lowest BCUT2D eigenvalue weighted by molar-refractivity contribution is 1.18. The molecule has 0 saturated carbocycles. The highest BCUT2D eigenvalue weighted by Gasteiger charge is 2.18. The summed E-state index contributed by atoms with van der Waals surface area (Å²) in [6, 6.07) is 57.7. The summed E-state index contributed by atoms with van der Waals surface area (Å²) in [6.07, 6.45) is 0. The van der Waals surface area contributed by atoms with Crippen molar-refractivity contribution in [3.05, 3.63) is 164 Å². The van der Waals surface area contributed by atoms with Gasteiger partial charge in [-0.25, -0.2) is 9.97 Å². The predicted molar refractivity (Wildman–Crippen MR) is 193 cm³/mol. The van der Waals surface area contributed by atoms with E-state index in [1.165, 1.54) is 48.2 Å². The molecule has 0 unspecified atom stereocenters. The van der Waals surface area contributed by atoms with Crippen LogP contribution in [0.3, 0.4) is 0 Å². The monoisotopic (exact) mass is 605 g/mol. The van der Waals surface area contributed by atoms with Crippen molar-refractivity contribution in [2.75, 3.05) is 0 Å². The van der Waals surface area contributed by atoms with E-state index in [-0.39, 0.29) is 0 Å². The SMILES string of the molecule is c1ccc(-c2cc(-c3ccc(-c4cccc(-c5c6ccccc6n6c5sc5ccccc56)c4)cc3)nc(-c3ccccc3)n2)cc1. The van der Waals surface area contributed by atoms with Crippen LogP contribution in [-0.2, 0) is 0 Å². The van der Waals surface area contributed by atoms with Gasteiger partial charge in [0.15, 0.2) is 5.82 Å².